The molecule has 0 radical (unpaired) electrons. The quantitative estimate of drug-likeness (QED) is 0.587. The molecule has 4 heteroatoms. The van der Waals surface area contributed by atoms with Gasteiger partial charge in [-0.15, -0.1) is 0 Å². The third-order valence-corrected chi connectivity index (χ3v) is 3.25. The van der Waals surface area contributed by atoms with Crippen molar-refractivity contribution < 1.29 is 9.47 Å². The number of hydrogen-bond acceptors (Lipinski definition) is 3. The molecule has 0 bridgehead atoms. The van der Waals surface area contributed by atoms with Crippen LogP contribution in [0.1, 0.15) is 32.8 Å². The number of hydrogen-bond donors (Lipinski definition) is 1. The molecule has 106 valence electrons. The van der Waals surface area contributed by atoms with Crippen molar-refractivity contribution in [3.8, 4) is 5.75 Å². The van der Waals surface area contributed by atoms with Crippen LogP contribution in [-0.4, -0.2) is 24.3 Å². The Labute approximate surface area is 121 Å². The van der Waals surface area contributed by atoms with Gasteiger partial charge >= 0.3 is 0 Å². The molecule has 0 amide bonds. The number of thiocarbonyl (C=S) groups is 1. The Hall–Kier alpha value is -1.13. The maximum atomic E-state index is 5.68. The summed E-state index contributed by atoms with van der Waals surface area (Å²) in [5.41, 5.74) is 6.39. The van der Waals surface area contributed by atoms with Crippen LogP contribution < -0.4 is 10.5 Å². The Morgan fingerprint density at radius 3 is 2.32 bits per heavy atom. The van der Waals surface area contributed by atoms with Gasteiger partial charge in [0.2, 0.25) is 0 Å². The number of ether oxygens (including phenoxy) is 2. The Morgan fingerprint density at radius 2 is 1.79 bits per heavy atom. The van der Waals surface area contributed by atoms with Gasteiger partial charge < -0.3 is 15.2 Å². The van der Waals surface area contributed by atoms with Crippen molar-refractivity contribution in [1.29, 1.82) is 0 Å². The van der Waals surface area contributed by atoms with Gasteiger partial charge in [0.15, 0.2) is 0 Å². The molecule has 0 fully saturated rings. The molecule has 0 aliphatic rings. The summed E-state index contributed by atoms with van der Waals surface area (Å²) < 4.78 is 11.3. The van der Waals surface area contributed by atoms with Crippen molar-refractivity contribution in [2.24, 2.45) is 11.7 Å². The SMILES string of the molecule is CC(C)C(C)OCCCOc1ccc(C(N)=S)cc1. The lowest BCUT2D eigenvalue weighted by Gasteiger charge is -2.16. The highest BCUT2D eigenvalue weighted by atomic mass is 32.1. The van der Waals surface area contributed by atoms with Crippen molar-refractivity contribution in [1.82, 2.24) is 0 Å². The normalized spacial score (nSPS) is 12.4. The fraction of sp³-hybridized carbons (Fsp3) is 0.533. The molecule has 0 saturated carbocycles. The second kappa shape index (κ2) is 8.12. The molecule has 0 saturated heterocycles. The molecule has 1 aromatic rings. The molecular weight excluding hydrogens is 258 g/mol. The van der Waals surface area contributed by atoms with E-state index in [0.717, 1.165) is 24.3 Å². The summed E-state index contributed by atoms with van der Waals surface area (Å²) >= 11 is 4.89. The van der Waals surface area contributed by atoms with Crippen LogP contribution in [-0.2, 0) is 4.74 Å². The van der Waals surface area contributed by atoms with Crippen molar-refractivity contribution >= 4 is 17.2 Å². The lowest BCUT2D eigenvalue weighted by molar-refractivity contribution is 0.0291. The third kappa shape index (κ3) is 6.03. The number of rotatable bonds is 8. The van der Waals surface area contributed by atoms with Crippen molar-refractivity contribution in [2.75, 3.05) is 13.2 Å². The van der Waals surface area contributed by atoms with Gasteiger partial charge in [0.05, 0.1) is 19.3 Å². The maximum absolute atomic E-state index is 5.68. The van der Waals surface area contributed by atoms with Gasteiger partial charge in [0.1, 0.15) is 10.7 Å². The van der Waals surface area contributed by atoms with Gasteiger partial charge in [0.25, 0.3) is 0 Å². The molecular formula is C15H23NO2S. The molecule has 3 nitrogen and oxygen atoms in total. The van der Waals surface area contributed by atoms with Crippen molar-refractivity contribution in [3.63, 3.8) is 0 Å². The molecule has 0 spiro atoms. The van der Waals surface area contributed by atoms with Gasteiger partial charge in [-0.25, -0.2) is 0 Å². The molecule has 0 heterocycles. The monoisotopic (exact) mass is 281 g/mol. The van der Waals surface area contributed by atoms with E-state index in [1.165, 1.54) is 0 Å². The average Bonchev–Trinajstić information content (AvgIpc) is 2.38. The van der Waals surface area contributed by atoms with E-state index < -0.39 is 0 Å². The van der Waals surface area contributed by atoms with Crippen molar-refractivity contribution in [2.45, 2.75) is 33.3 Å². The predicted octanol–water partition coefficient (Wildman–Crippen LogP) is 3.15. The predicted molar refractivity (Wildman–Crippen MR) is 82.7 cm³/mol. The minimum atomic E-state index is 0.296. The topological polar surface area (TPSA) is 44.5 Å². The van der Waals surface area contributed by atoms with Gasteiger partial charge in [-0.1, -0.05) is 26.1 Å². The zero-order valence-corrected chi connectivity index (χ0v) is 12.7. The van der Waals surface area contributed by atoms with Gasteiger partial charge in [0, 0.05) is 12.0 Å². The van der Waals surface area contributed by atoms with E-state index in [1.807, 2.05) is 24.3 Å². The summed E-state index contributed by atoms with van der Waals surface area (Å²) in [6.07, 6.45) is 1.18. The van der Waals surface area contributed by atoms with E-state index >= 15 is 0 Å². The Bertz CT molecular complexity index is 390. The summed E-state index contributed by atoms with van der Waals surface area (Å²) in [6, 6.07) is 7.50. The first-order valence-corrected chi connectivity index (χ1v) is 7.05. The van der Waals surface area contributed by atoms with Crippen LogP contribution in [0.25, 0.3) is 0 Å². The fourth-order valence-corrected chi connectivity index (χ4v) is 1.56. The Kier molecular flexibility index (Phi) is 6.81. The summed E-state index contributed by atoms with van der Waals surface area (Å²) in [6.45, 7) is 7.79. The molecule has 1 unspecified atom stereocenters. The number of nitrogens with two attached hydrogens (primary N) is 1. The smallest absolute Gasteiger partial charge is 0.119 e. The molecule has 0 aliphatic heterocycles. The van der Waals surface area contributed by atoms with Crippen LogP contribution in [0.3, 0.4) is 0 Å². The van der Waals surface area contributed by atoms with E-state index in [9.17, 15) is 0 Å². The Balaban J connectivity index is 2.21. The zero-order valence-electron chi connectivity index (χ0n) is 11.9. The minimum absolute atomic E-state index is 0.296. The van der Waals surface area contributed by atoms with Gasteiger partial charge in [-0.3, -0.25) is 0 Å². The van der Waals surface area contributed by atoms with Gasteiger partial charge in [-0.2, -0.15) is 0 Å². The van der Waals surface area contributed by atoms with Crippen LogP contribution in [0.4, 0.5) is 0 Å². The highest BCUT2D eigenvalue weighted by Crippen LogP contribution is 2.12. The largest absolute Gasteiger partial charge is 0.494 e. The average molecular weight is 281 g/mol. The van der Waals surface area contributed by atoms with Gasteiger partial charge in [-0.05, 0) is 37.1 Å². The first-order chi connectivity index (χ1) is 9.00. The summed E-state index contributed by atoms with van der Waals surface area (Å²) in [5, 5.41) is 0. The third-order valence-electron chi connectivity index (χ3n) is 3.02. The van der Waals surface area contributed by atoms with Crippen LogP contribution in [0.5, 0.6) is 5.75 Å². The van der Waals surface area contributed by atoms with E-state index in [2.05, 4.69) is 20.8 Å². The molecule has 1 atom stereocenters. The van der Waals surface area contributed by atoms with Crippen LogP contribution >= 0.6 is 12.2 Å². The number of benzene rings is 1. The second-order valence-corrected chi connectivity index (χ2v) is 5.35. The van der Waals surface area contributed by atoms with E-state index in [4.69, 9.17) is 27.4 Å². The lowest BCUT2D eigenvalue weighted by Crippen LogP contribution is -2.17. The highest BCUT2D eigenvalue weighted by molar-refractivity contribution is 7.80. The molecule has 19 heavy (non-hydrogen) atoms. The van der Waals surface area contributed by atoms with Crippen LogP contribution in [0.2, 0.25) is 0 Å². The van der Waals surface area contributed by atoms with Crippen LogP contribution in [0, 0.1) is 5.92 Å². The molecule has 1 aromatic carbocycles. The van der Waals surface area contributed by atoms with E-state index in [-0.39, 0.29) is 0 Å². The second-order valence-electron chi connectivity index (χ2n) is 4.91. The first-order valence-electron chi connectivity index (χ1n) is 6.65. The molecule has 0 aromatic heterocycles. The van der Waals surface area contributed by atoms with E-state index in [0.29, 0.717) is 23.6 Å². The van der Waals surface area contributed by atoms with E-state index in [1.54, 1.807) is 0 Å². The highest BCUT2D eigenvalue weighted by Gasteiger charge is 2.06. The van der Waals surface area contributed by atoms with Crippen LogP contribution in [0.15, 0.2) is 24.3 Å². The molecule has 2 N–H and O–H groups in total. The molecule has 1 rings (SSSR count). The summed E-state index contributed by atoms with van der Waals surface area (Å²) in [5.74, 6) is 1.38. The summed E-state index contributed by atoms with van der Waals surface area (Å²) in [7, 11) is 0. The zero-order chi connectivity index (χ0) is 14.3. The molecule has 0 aliphatic carbocycles. The summed E-state index contributed by atoms with van der Waals surface area (Å²) in [4.78, 5) is 0.405. The fourth-order valence-electron chi connectivity index (χ4n) is 1.43. The first kappa shape index (κ1) is 15.9. The minimum Gasteiger partial charge on any atom is -0.494 e. The maximum Gasteiger partial charge on any atom is 0.119 e. The Morgan fingerprint density at radius 1 is 1.16 bits per heavy atom. The lowest BCUT2D eigenvalue weighted by atomic mass is 10.1. The van der Waals surface area contributed by atoms with Crippen molar-refractivity contribution in [3.05, 3.63) is 29.8 Å². The standard InChI is InChI=1S/C15H23NO2S/c1-11(2)12(3)17-9-4-10-18-14-7-5-13(6-8-14)15(16)19/h5-8,11-12H,4,9-10H2,1-3H3,(H2,16,19).